The van der Waals surface area contributed by atoms with Crippen LogP contribution in [0.15, 0.2) is 145 Å². The lowest BCUT2D eigenvalue weighted by Gasteiger charge is -2.60. The number of oxime groups is 1. The molecule has 5 aromatic carbocycles. The molecule has 2 N–H and O–H groups in total. The number of benzene rings is 5. The smallest absolute Gasteiger partial charge is 0.410 e. The van der Waals surface area contributed by atoms with Crippen LogP contribution in [-0.2, 0) is 36.9 Å². The number of aliphatic hydroxyl groups is 2. The summed E-state index contributed by atoms with van der Waals surface area (Å²) in [7, 11) is 0. The summed E-state index contributed by atoms with van der Waals surface area (Å²) in [4.78, 5) is 34.8. The van der Waals surface area contributed by atoms with Gasteiger partial charge in [0.15, 0.2) is 0 Å². The highest BCUT2D eigenvalue weighted by molar-refractivity contribution is 6.03. The number of nitrogens with zero attached hydrogens (tertiary/aromatic N) is 3. The molecule has 0 radical (unpaired) electrons. The van der Waals surface area contributed by atoms with Crippen LogP contribution in [0.3, 0.4) is 0 Å². The Morgan fingerprint density at radius 3 is 2.47 bits per heavy atom. The standard InChI is InChI=1S/C59H67N3O12/c1-2-31-71-59-54(61(39-44-21-14-20-42-18-6-7-24-48(42)44)58(65)70-34-33-68-40-41-16-4-3-5-17-41)38-52(60-74-55-26-10-13-32-69-55)50-35-43(19-8-11-29-63)49(25-9-12-30-64)56(57(50)59)51-37-47(27-28-53(51)73-59)72-46-23-15-22-45(36-46)62(66)67/h2-7,14-18,20-24,27-28,35-37,43,49,54-57,63-64H,1,8-13,19,25-26,29-34,38-40H2/t43-,49+,54-,55?,56+,57+,59+/m0/s1. The molecule has 2 aliphatic heterocycles. The Balaban J connectivity index is 1.21. The Morgan fingerprint density at radius 1 is 0.892 bits per heavy atom. The summed E-state index contributed by atoms with van der Waals surface area (Å²) in [6.45, 7) is 5.40. The minimum absolute atomic E-state index is 0.0231. The number of hydrogen-bond acceptors (Lipinski definition) is 13. The van der Waals surface area contributed by atoms with Crippen LogP contribution in [0.1, 0.15) is 86.8 Å². The van der Waals surface area contributed by atoms with Crippen molar-refractivity contribution < 1.29 is 53.2 Å². The Hall–Kier alpha value is -6.62. The Labute approximate surface area is 432 Å². The molecule has 15 nitrogen and oxygen atoms in total. The first kappa shape index (κ1) is 52.3. The number of carbonyl (C=O) groups excluding carboxylic acids is 1. The van der Waals surface area contributed by atoms with E-state index >= 15 is 4.79 Å². The predicted molar refractivity (Wildman–Crippen MR) is 280 cm³/mol. The quantitative estimate of drug-likeness (QED) is 0.0259. The van der Waals surface area contributed by atoms with Crippen molar-refractivity contribution in [2.24, 2.45) is 22.9 Å². The molecule has 1 unspecified atom stereocenters. The van der Waals surface area contributed by atoms with E-state index in [0.29, 0.717) is 55.4 Å². The molecule has 0 bridgehead atoms. The molecule has 0 spiro atoms. The van der Waals surface area contributed by atoms with Crippen LogP contribution in [-0.4, -0.2) is 89.6 Å². The highest BCUT2D eigenvalue weighted by Gasteiger charge is 2.66. The number of nitro groups is 1. The molecule has 15 heteroatoms. The maximum atomic E-state index is 15.3. The number of hydrogen-bond donors (Lipinski definition) is 2. The van der Waals surface area contributed by atoms with Crippen LogP contribution in [0, 0.1) is 27.9 Å². The fourth-order valence-electron chi connectivity index (χ4n) is 11.4. The Bertz CT molecular complexity index is 2760. The molecule has 2 heterocycles. The monoisotopic (exact) mass is 1010 g/mol. The third-order valence-corrected chi connectivity index (χ3v) is 14.7. The van der Waals surface area contributed by atoms with E-state index < -0.39 is 35.1 Å². The van der Waals surface area contributed by atoms with Crippen molar-refractivity contribution in [2.75, 3.05) is 39.6 Å². The van der Waals surface area contributed by atoms with E-state index in [-0.39, 0.29) is 69.4 Å². The second kappa shape index (κ2) is 25.1. The molecule has 7 atom stereocenters. The normalized spacial score (nSPS) is 23.4. The number of amides is 1. The lowest BCUT2D eigenvalue weighted by molar-refractivity contribution is -0.384. The van der Waals surface area contributed by atoms with Gasteiger partial charge >= 0.3 is 6.09 Å². The van der Waals surface area contributed by atoms with Gasteiger partial charge in [-0.1, -0.05) is 109 Å². The number of nitro benzene ring substituents is 1. The lowest BCUT2D eigenvalue weighted by atomic mass is 9.55. The zero-order valence-electron chi connectivity index (χ0n) is 41.8. The summed E-state index contributed by atoms with van der Waals surface area (Å²) in [6, 6.07) is 34.7. The van der Waals surface area contributed by atoms with E-state index in [9.17, 15) is 20.3 Å². The van der Waals surface area contributed by atoms with Crippen molar-refractivity contribution in [3.8, 4) is 17.2 Å². The van der Waals surface area contributed by atoms with Crippen molar-refractivity contribution in [2.45, 2.75) is 101 Å². The summed E-state index contributed by atoms with van der Waals surface area (Å²) < 4.78 is 39.5. The molecule has 5 aromatic rings. The Morgan fingerprint density at radius 2 is 1.68 bits per heavy atom. The van der Waals surface area contributed by atoms with E-state index in [4.69, 9.17) is 38.4 Å². The zero-order valence-corrected chi connectivity index (χ0v) is 41.8. The number of non-ortho nitro benzene ring substituents is 1. The first-order chi connectivity index (χ1) is 36.3. The predicted octanol–water partition coefficient (Wildman–Crippen LogP) is 11.6. The van der Waals surface area contributed by atoms with Crippen LogP contribution in [0.5, 0.6) is 17.2 Å². The fraction of sp³-hybridized carbons (Fsp3) is 0.424. The first-order valence-electron chi connectivity index (χ1n) is 26.1. The number of rotatable bonds is 24. The zero-order chi connectivity index (χ0) is 51.3. The van der Waals surface area contributed by atoms with Gasteiger partial charge in [0, 0.05) is 43.6 Å². The van der Waals surface area contributed by atoms with Crippen LogP contribution in [0.2, 0.25) is 0 Å². The number of fused-ring (bicyclic) bond motifs is 3. The topological polar surface area (TPSA) is 181 Å². The van der Waals surface area contributed by atoms with E-state index in [1.54, 1.807) is 29.2 Å². The third-order valence-electron chi connectivity index (χ3n) is 14.7. The molecule has 390 valence electrons. The van der Waals surface area contributed by atoms with Crippen molar-refractivity contribution in [1.29, 1.82) is 0 Å². The van der Waals surface area contributed by atoms with E-state index in [1.165, 1.54) is 12.1 Å². The molecule has 2 fully saturated rings. The summed E-state index contributed by atoms with van der Waals surface area (Å²) >= 11 is 0. The van der Waals surface area contributed by atoms with Gasteiger partial charge in [0.25, 0.3) is 5.69 Å². The maximum Gasteiger partial charge on any atom is 0.410 e. The van der Waals surface area contributed by atoms with Crippen molar-refractivity contribution in [1.82, 2.24) is 4.90 Å². The van der Waals surface area contributed by atoms with Crippen LogP contribution in [0.4, 0.5) is 10.5 Å². The summed E-state index contributed by atoms with van der Waals surface area (Å²) in [5.41, 5.74) is 4.10. The molecule has 1 saturated carbocycles. The van der Waals surface area contributed by atoms with E-state index in [2.05, 4.69) is 12.7 Å². The van der Waals surface area contributed by atoms with Crippen LogP contribution in [0.25, 0.3) is 10.8 Å². The number of ether oxygens (including phenoxy) is 6. The Kier molecular flexibility index (Phi) is 17.7. The second-order valence-electron chi connectivity index (χ2n) is 19.4. The molecule has 1 saturated heterocycles. The molecular weight excluding hydrogens is 943 g/mol. The molecule has 1 amide bonds. The van der Waals surface area contributed by atoms with Crippen molar-refractivity contribution in [3.63, 3.8) is 0 Å². The number of carbonyl (C=O) groups is 1. The maximum absolute atomic E-state index is 15.3. The highest BCUT2D eigenvalue weighted by atomic mass is 16.8. The molecular formula is C59H67N3O12. The van der Waals surface area contributed by atoms with Gasteiger partial charge in [0.2, 0.25) is 12.1 Å². The second-order valence-corrected chi connectivity index (χ2v) is 19.4. The SMILES string of the molecule is C=CCO[C@@]12Oc3ccc(Oc4cccc([N+](=O)[O-])c4)cc3[C@H]3[C@H](CCCCO)[C@@H](CCCCO)C=C(C(=NOC4CCCCO4)C[C@@H]1N(Cc1cccc4ccccc14)C(=O)OCCOCc1ccccc1)[C@H]32. The van der Waals surface area contributed by atoms with Crippen LogP contribution < -0.4 is 9.47 Å². The van der Waals surface area contributed by atoms with Gasteiger partial charge in [0.05, 0.1) is 55.6 Å². The van der Waals surface area contributed by atoms with Gasteiger partial charge in [-0.15, -0.1) is 6.58 Å². The minimum Gasteiger partial charge on any atom is -0.459 e. The van der Waals surface area contributed by atoms with Gasteiger partial charge in [-0.3, -0.25) is 15.0 Å². The van der Waals surface area contributed by atoms with Gasteiger partial charge in [-0.25, -0.2) is 4.79 Å². The number of unbranched alkanes of at least 4 members (excludes halogenated alkanes) is 2. The van der Waals surface area contributed by atoms with Crippen molar-refractivity contribution >= 4 is 28.3 Å². The van der Waals surface area contributed by atoms with Gasteiger partial charge < -0.3 is 43.5 Å². The number of aliphatic hydroxyl groups excluding tert-OH is 2. The van der Waals surface area contributed by atoms with Gasteiger partial charge in [-0.05, 0) is 102 Å². The lowest BCUT2D eigenvalue weighted by Crippen LogP contribution is -2.70. The third kappa shape index (κ3) is 12.0. The average Bonchev–Trinajstić information content (AvgIpc) is 3.46. The van der Waals surface area contributed by atoms with Crippen molar-refractivity contribution in [3.05, 3.63) is 166 Å². The van der Waals surface area contributed by atoms with Gasteiger partial charge in [0.1, 0.15) is 29.9 Å². The molecule has 9 rings (SSSR count). The molecule has 2 aliphatic carbocycles. The van der Waals surface area contributed by atoms with Crippen LogP contribution >= 0.6 is 0 Å². The molecule has 4 aliphatic rings. The van der Waals surface area contributed by atoms with Gasteiger partial charge in [-0.2, -0.15) is 0 Å². The minimum atomic E-state index is -1.58. The van der Waals surface area contributed by atoms with E-state index in [0.717, 1.165) is 71.6 Å². The summed E-state index contributed by atoms with van der Waals surface area (Å²) in [5.74, 6) is -1.40. The number of allylic oxidation sites excluding steroid dienone is 1. The highest BCUT2D eigenvalue weighted by Crippen LogP contribution is 2.62. The van der Waals surface area contributed by atoms with E-state index in [1.807, 2.05) is 84.9 Å². The molecule has 0 aromatic heterocycles. The average molecular weight is 1010 g/mol. The fourth-order valence-corrected chi connectivity index (χ4v) is 11.4. The molecule has 74 heavy (non-hydrogen) atoms. The first-order valence-corrected chi connectivity index (χ1v) is 26.1. The summed E-state index contributed by atoms with van der Waals surface area (Å²) in [6.07, 6.45) is 9.67. The largest absolute Gasteiger partial charge is 0.459 e. The summed E-state index contributed by atoms with van der Waals surface area (Å²) in [5, 5.41) is 39.0.